The van der Waals surface area contributed by atoms with Crippen molar-refractivity contribution in [2.45, 2.75) is 39.1 Å². The molecule has 4 aromatic rings. The minimum atomic E-state index is -0.588. The molecular formula is C35H36O10. The molecule has 0 aromatic heterocycles. The van der Waals surface area contributed by atoms with Gasteiger partial charge in [-0.15, -0.1) is 0 Å². The van der Waals surface area contributed by atoms with E-state index in [1.165, 1.54) is 24.3 Å². The van der Waals surface area contributed by atoms with Crippen molar-refractivity contribution in [1.82, 2.24) is 0 Å². The maximum Gasteiger partial charge on any atom is 0.343 e. The predicted octanol–water partition coefficient (Wildman–Crippen LogP) is 6.19. The summed E-state index contributed by atoms with van der Waals surface area (Å²) in [6.07, 6.45) is -0.700. The Morgan fingerprint density at radius 3 is 1.40 bits per heavy atom. The average molecular weight is 617 g/mol. The molecule has 0 heterocycles. The molecule has 4 aromatic carbocycles. The molecule has 3 unspecified atom stereocenters. The highest BCUT2D eigenvalue weighted by atomic mass is 16.6. The smallest absolute Gasteiger partial charge is 0.343 e. The van der Waals surface area contributed by atoms with Crippen molar-refractivity contribution in [2.24, 2.45) is 0 Å². The molecule has 45 heavy (non-hydrogen) atoms. The lowest BCUT2D eigenvalue weighted by molar-refractivity contribution is -0.0428. The summed E-state index contributed by atoms with van der Waals surface area (Å²) in [6.45, 7) is 6.65. The van der Waals surface area contributed by atoms with Gasteiger partial charge >= 0.3 is 11.9 Å². The van der Waals surface area contributed by atoms with E-state index < -0.39 is 11.9 Å². The van der Waals surface area contributed by atoms with Crippen LogP contribution in [0.1, 0.15) is 41.5 Å². The van der Waals surface area contributed by atoms with Gasteiger partial charge in [-0.3, -0.25) is 0 Å². The van der Waals surface area contributed by atoms with Crippen LogP contribution in [0, 0.1) is 0 Å². The third-order valence-electron chi connectivity index (χ3n) is 6.31. The highest BCUT2D eigenvalue weighted by molar-refractivity contribution is 5.92. The molecule has 0 aliphatic rings. The van der Waals surface area contributed by atoms with Crippen LogP contribution in [0.25, 0.3) is 0 Å². The molecule has 10 nitrogen and oxygen atoms in total. The number of aromatic hydroxyl groups is 2. The van der Waals surface area contributed by atoms with Crippen molar-refractivity contribution >= 4 is 11.9 Å². The number of benzene rings is 4. The number of esters is 2. The van der Waals surface area contributed by atoms with Crippen molar-refractivity contribution < 1.29 is 48.2 Å². The number of ether oxygens (including phenoxy) is 6. The molecule has 3 atom stereocenters. The first-order valence-electron chi connectivity index (χ1n) is 14.4. The van der Waals surface area contributed by atoms with E-state index in [0.717, 1.165) is 0 Å². The molecule has 0 saturated heterocycles. The summed E-state index contributed by atoms with van der Waals surface area (Å²) in [5.41, 5.74) is 0.641. The molecule has 0 fully saturated rings. The summed E-state index contributed by atoms with van der Waals surface area (Å²) in [5, 5.41) is 19.6. The fourth-order valence-corrected chi connectivity index (χ4v) is 4.02. The lowest BCUT2D eigenvalue weighted by Gasteiger charge is -2.20. The zero-order valence-corrected chi connectivity index (χ0v) is 25.3. The van der Waals surface area contributed by atoms with Crippen LogP contribution in [-0.4, -0.2) is 60.3 Å². The van der Waals surface area contributed by atoms with Gasteiger partial charge in [0.2, 0.25) is 0 Å². The Morgan fingerprint density at radius 1 is 0.556 bits per heavy atom. The van der Waals surface area contributed by atoms with Gasteiger partial charge in [0, 0.05) is 0 Å². The Balaban J connectivity index is 1.11. The Labute approximate surface area is 261 Å². The van der Waals surface area contributed by atoms with E-state index in [1.807, 2.05) is 20.8 Å². The van der Waals surface area contributed by atoms with Crippen molar-refractivity contribution in [3.05, 3.63) is 108 Å². The number of carbonyl (C=O) groups excluding carboxylic acids is 2. The predicted molar refractivity (Wildman–Crippen MR) is 165 cm³/mol. The maximum absolute atomic E-state index is 12.4. The van der Waals surface area contributed by atoms with Gasteiger partial charge in [0.25, 0.3) is 0 Å². The van der Waals surface area contributed by atoms with Gasteiger partial charge in [-0.1, -0.05) is 24.3 Å². The molecule has 0 saturated carbocycles. The van der Waals surface area contributed by atoms with E-state index in [-0.39, 0.29) is 41.3 Å². The Bertz CT molecular complexity index is 1540. The highest BCUT2D eigenvalue weighted by Crippen LogP contribution is 2.27. The SMILES string of the molecule is CC(COCC(C)Oc1ccc(C(=O)Oc2ccccc2O)cc1)OCC(C)Oc1ccc(C(=O)Oc2ccccc2O)cc1. The quantitative estimate of drug-likeness (QED) is 0.118. The van der Waals surface area contributed by atoms with Crippen LogP contribution in [0.5, 0.6) is 34.5 Å². The van der Waals surface area contributed by atoms with Gasteiger partial charge in [-0.05, 0) is 93.6 Å². The van der Waals surface area contributed by atoms with Crippen molar-refractivity contribution in [3.63, 3.8) is 0 Å². The fraction of sp³-hybridized carbons (Fsp3) is 0.257. The van der Waals surface area contributed by atoms with E-state index in [4.69, 9.17) is 28.4 Å². The van der Waals surface area contributed by atoms with Crippen LogP contribution >= 0.6 is 0 Å². The maximum atomic E-state index is 12.4. The van der Waals surface area contributed by atoms with Crippen LogP contribution in [0.15, 0.2) is 97.1 Å². The summed E-state index contributed by atoms with van der Waals surface area (Å²) in [6, 6.07) is 25.5. The largest absolute Gasteiger partial charge is 0.504 e. The van der Waals surface area contributed by atoms with E-state index in [2.05, 4.69) is 0 Å². The van der Waals surface area contributed by atoms with E-state index in [0.29, 0.717) is 42.4 Å². The summed E-state index contributed by atoms with van der Waals surface area (Å²) < 4.78 is 33.8. The topological polar surface area (TPSA) is 130 Å². The van der Waals surface area contributed by atoms with Gasteiger partial charge < -0.3 is 38.6 Å². The van der Waals surface area contributed by atoms with Gasteiger partial charge in [0.1, 0.15) is 23.7 Å². The fourth-order valence-electron chi connectivity index (χ4n) is 4.02. The number of phenols is 2. The number of hydrogen-bond donors (Lipinski definition) is 2. The van der Waals surface area contributed by atoms with Crippen LogP contribution in [0.2, 0.25) is 0 Å². The molecule has 2 N–H and O–H groups in total. The van der Waals surface area contributed by atoms with E-state index in [9.17, 15) is 19.8 Å². The first kappa shape index (κ1) is 32.8. The second kappa shape index (κ2) is 16.1. The highest BCUT2D eigenvalue weighted by Gasteiger charge is 2.15. The van der Waals surface area contributed by atoms with Gasteiger partial charge in [-0.25, -0.2) is 9.59 Å². The van der Waals surface area contributed by atoms with Crippen LogP contribution in [0.4, 0.5) is 0 Å². The first-order chi connectivity index (χ1) is 21.7. The first-order valence-corrected chi connectivity index (χ1v) is 14.4. The monoisotopic (exact) mass is 616 g/mol. The zero-order chi connectivity index (χ0) is 32.2. The minimum absolute atomic E-state index is 0.0898. The van der Waals surface area contributed by atoms with Gasteiger partial charge in [-0.2, -0.15) is 0 Å². The summed E-state index contributed by atoms with van der Waals surface area (Å²) in [7, 11) is 0. The molecule has 0 amide bonds. The van der Waals surface area contributed by atoms with E-state index in [1.54, 1.807) is 72.8 Å². The molecule has 236 valence electrons. The summed E-state index contributed by atoms with van der Waals surface area (Å²) >= 11 is 0. The molecule has 0 spiro atoms. The normalized spacial score (nSPS) is 12.9. The van der Waals surface area contributed by atoms with Crippen LogP contribution in [-0.2, 0) is 9.47 Å². The standard InChI is InChI=1S/C35H36O10/c1-23(41-22-25(3)43-29-18-14-27(15-19-29)35(39)45-33-11-7-5-9-31(33)37)20-40-21-24(2)42-28-16-12-26(13-17-28)34(38)44-32-10-6-4-8-30(32)36/h4-19,23-25,36-37H,20-22H2,1-3H3. The summed E-state index contributed by atoms with van der Waals surface area (Å²) in [4.78, 5) is 24.7. The lowest BCUT2D eigenvalue weighted by atomic mass is 10.2. The number of hydrogen-bond acceptors (Lipinski definition) is 10. The molecule has 0 radical (unpaired) electrons. The van der Waals surface area contributed by atoms with Gasteiger partial charge in [0.15, 0.2) is 23.0 Å². The average Bonchev–Trinajstić information content (AvgIpc) is 3.03. The molecular weight excluding hydrogens is 580 g/mol. The van der Waals surface area contributed by atoms with Crippen molar-refractivity contribution in [1.29, 1.82) is 0 Å². The summed E-state index contributed by atoms with van der Waals surface area (Å²) in [5.74, 6) is -0.0822. The van der Waals surface area contributed by atoms with Gasteiger partial charge in [0.05, 0.1) is 37.1 Å². The number of phenolic OH excluding ortho intramolecular Hbond substituents is 2. The Morgan fingerprint density at radius 2 is 0.956 bits per heavy atom. The molecule has 0 aliphatic heterocycles. The zero-order valence-electron chi connectivity index (χ0n) is 25.3. The molecule has 10 heteroatoms. The number of carbonyl (C=O) groups is 2. The van der Waals surface area contributed by atoms with Crippen molar-refractivity contribution in [2.75, 3.05) is 19.8 Å². The molecule has 0 bridgehead atoms. The van der Waals surface area contributed by atoms with Crippen LogP contribution < -0.4 is 18.9 Å². The second-order valence-corrected chi connectivity index (χ2v) is 10.3. The third kappa shape index (κ3) is 10.3. The number of para-hydroxylation sites is 4. The Kier molecular flexibility index (Phi) is 11.8. The lowest BCUT2D eigenvalue weighted by Crippen LogP contribution is -2.27. The van der Waals surface area contributed by atoms with E-state index >= 15 is 0 Å². The van der Waals surface area contributed by atoms with Crippen molar-refractivity contribution in [3.8, 4) is 34.5 Å². The second-order valence-electron chi connectivity index (χ2n) is 10.3. The third-order valence-corrected chi connectivity index (χ3v) is 6.31. The number of rotatable bonds is 15. The minimum Gasteiger partial charge on any atom is -0.504 e. The molecule has 0 aliphatic carbocycles. The van der Waals surface area contributed by atoms with Crippen LogP contribution in [0.3, 0.4) is 0 Å². The Hall–Kier alpha value is -5.06. The molecule has 4 rings (SSSR count).